The molecule has 1 amide bonds. The summed E-state index contributed by atoms with van der Waals surface area (Å²) >= 11 is 0. The first-order valence-electron chi connectivity index (χ1n) is 11.0. The zero-order valence-electron chi connectivity index (χ0n) is 18.6. The highest BCUT2D eigenvalue weighted by Gasteiger charge is 2.44. The van der Waals surface area contributed by atoms with Crippen molar-refractivity contribution in [1.29, 1.82) is 0 Å². The first-order valence-corrected chi connectivity index (χ1v) is 11.0. The Morgan fingerprint density at radius 3 is 2.42 bits per heavy atom. The van der Waals surface area contributed by atoms with E-state index in [0.29, 0.717) is 41.4 Å². The van der Waals surface area contributed by atoms with E-state index in [-0.39, 0.29) is 29.9 Å². The number of ketones is 1. The quantitative estimate of drug-likeness (QED) is 0.541. The fourth-order valence-corrected chi connectivity index (χ4v) is 4.98. The number of anilines is 1. The summed E-state index contributed by atoms with van der Waals surface area (Å²) in [6.07, 6.45) is 2.72. The Kier molecular flexibility index (Phi) is 5.50. The van der Waals surface area contributed by atoms with Crippen LogP contribution in [0.3, 0.4) is 0 Å². The minimum absolute atomic E-state index is 0.00709. The molecule has 2 heterocycles. The summed E-state index contributed by atoms with van der Waals surface area (Å²) in [4.78, 5) is 28.8. The number of benzene rings is 2. The second-order valence-electron chi connectivity index (χ2n) is 8.34. The first kappa shape index (κ1) is 21.1. The molecule has 3 aromatic rings. The molecule has 5 rings (SSSR count). The molecule has 2 aromatic carbocycles. The van der Waals surface area contributed by atoms with Gasteiger partial charge in [-0.15, -0.1) is 0 Å². The van der Waals surface area contributed by atoms with E-state index >= 15 is 0 Å². The molecular weight excluding hydrogens is 418 g/mol. The number of carbonyl (C=O) groups excluding carboxylic acids is 2. The van der Waals surface area contributed by atoms with Crippen molar-refractivity contribution >= 4 is 17.4 Å². The van der Waals surface area contributed by atoms with E-state index < -0.39 is 0 Å². The molecule has 0 saturated carbocycles. The molecule has 6 heteroatoms. The largest absolute Gasteiger partial charge is 0.497 e. The molecule has 0 saturated heterocycles. The van der Waals surface area contributed by atoms with Gasteiger partial charge >= 0.3 is 0 Å². The average molecular weight is 443 g/mol. The monoisotopic (exact) mass is 443 g/mol. The van der Waals surface area contributed by atoms with Gasteiger partial charge in [-0.1, -0.05) is 30.3 Å². The molecule has 6 nitrogen and oxygen atoms in total. The van der Waals surface area contributed by atoms with Crippen molar-refractivity contribution in [3.63, 3.8) is 0 Å². The average Bonchev–Trinajstić information content (AvgIpc) is 3.38. The topological polar surface area (TPSA) is 69.0 Å². The molecular formula is C27H25NO5. The number of ether oxygens (including phenoxy) is 2. The normalized spacial score (nSPS) is 20.6. The molecule has 0 N–H and O–H groups in total. The second-order valence-corrected chi connectivity index (χ2v) is 8.34. The molecule has 0 spiro atoms. The lowest BCUT2D eigenvalue weighted by molar-refractivity contribution is -0.120. The number of hydrogen-bond acceptors (Lipinski definition) is 5. The Labute approximate surface area is 192 Å². The molecule has 0 bridgehead atoms. The second kappa shape index (κ2) is 8.62. The fraction of sp³-hybridized carbons (Fsp3) is 0.259. The number of allylic oxidation sites excluding steroid dienone is 2. The molecule has 1 aromatic heterocycles. The van der Waals surface area contributed by atoms with Crippen molar-refractivity contribution in [3.05, 3.63) is 89.5 Å². The predicted octanol–water partition coefficient (Wildman–Crippen LogP) is 5.22. The lowest BCUT2D eigenvalue weighted by Crippen LogP contribution is -2.41. The number of nitrogens with zero attached hydrogens (tertiary/aromatic N) is 1. The lowest BCUT2D eigenvalue weighted by Gasteiger charge is -2.40. The van der Waals surface area contributed by atoms with E-state index in [0.717, 1.165) is 11.3 Å². The van der Waals surface area contributed by atoms with Gasteiger partial charge < -0.3 is 13.9 Å². The minimum Gasteiger partial charge on any atom is -0.497 e. The van der Waals surface area contributed by atoms with Crippen LogP contribution in [0.25, 0.3) is 0 Å². The van der Waals surface area contributed by atoms with Crippen molar-refractivity contribution in [2.75, 3.05) is 19.1 Å². The Morgan fingerprint density at radius 1 is 0.909 bits per heavy atom. The van der Waals surface area contributed by atoms with Gasteiger partial charge in [0.05, 0.1) is 32.1 Å². The number of carbonyl (C=O) groups is 2. The summed E-state index contributed by atoms with van der Waals surface area (Å²) < 4.78 is 16.6. The van der Waals surface area contributed by atoms with E-state index in [1.165, 1.54) is 0 Å². The first-order chi connectivity index (χ1) is 16.1. The zero-order chi connectivity index (χ0) is 22.9. The minimum atomic E-state index is -0.382. The third kappa shape index (κ3) is 3.71. The molecule has 0 radical (unpaired) electrons. The molecule has 0 fully saturated rings. The van der Waals surface area contributed by atoms with Gasteiger partial charge in [0.15, 0.2) is 5.78 Å². The third-order valence-electron chi connectivity index (χ3n) is 6.51. The van der Waals surface area contributed by atoms with Crippen LogP contribution < -0.4 is 14.4 Å². The van der Waals surface area contributed by atoms with Crippen LogP contribution in [0.5, 0.6) is 11.5 Å². The molecule has 1 aliphatic heterocycles. The highest BCUT2D eigenvalue weighted by molar-refractivity contribution is 6.08. The van der Waals surface area contributed by atoms with Crippen LogP contribution >= 0.6 is 0 Å². The van der Waals surface area contributed by atoms with E-state index in [9.17, 15) is 9.59 Å². The highest BCUT2D eigenvalue weighted by Crippen LogP contribution is 2.48. The molecule has 168 valence electrons. The van der Waals surface area contributed by atoms with Crippen LogP contribution in [-0.2, 0) is 9.59 Å². The SMILES string of the molecule is COc1ccc(N2C(=O)CC(c3ccco3)C3=C2CC(c2ccccc2)CC3=O)c(OC)c1. The van der Waals surface area contributed by atoms with E-state index in [2.05, 4.69) is 0 Å². The lowest BCUT2D eigenvalue weighted by atomic mass is 9.74. The van der Waals surface area contributed by atoms with Crippen molar-refractivity contribution in [3.8, 4) is 11.5 Å². The van der Waals surface area contributed by atoms with Gasteiger partial charge in [-0.2, -0.15) is 0 Å². The smallest absolute Gasteiger partial charge is 0.232 e. The molecule has 2 atom stereocenters. The summed E-state index contributed by atoms with van der Waals surface area (Å²) in [5.74, 6) is 1.35. The fourth-order valence-electron chi connectivity index (χ4n) is 4.98. The number of Topliss-reactive ketones (excluding diaryl/α,β-unsaturated/α-hetero) is 1. The van der Waals surface area contributed by atoms with Crippen LogP contribution in [0.2, 0.25) is 0 Å². The van der Waals surface area contributed by atoms with Gasteiger partial charge in [0.2, 0.25) is 5.91 Å². The summed E-state index contributed by atoms with van der Waals surface area (Å²) in [7, 11) is 3.14. The standard InChI is InChI=1S/C27H25NO5/c1-31-19-10-11-21(25(15-19)32-2)28-22-13-18(17-7-4-3-5-8-17)14-23(29)27(22)20(16-26(28)30)24-9-6-12-33-24/h3-12,15,18,20H,13-14,16H2,1-2H3. The number of methoxy groups -OCH3 is 2. The summed E-state index contributed by atoms with van der Waals surface area (Å²) in [6, 6.07) is 19.0. The van der Waals surface area contributed by atoms with Crippen molar-refractivity contribution in [1.82, 2.24) is 0 Å². The van der Waals surface area contributed by atoms with E-state index in [1.54, 1.807) is 43.6 Å². The van der Waals surface area contributed by atoms with Crippen LogP contribution in [0.4, 0.5) is 5.69 Å². The summed E-state index contributed by atoms with van der Waals surface area (Å²) in [6.45, 7) is 0. The van der Waals surface area contributed by atoms with Crippen LogP contribution in [0.1, 0.15) is 42.4 Å². The Balaban J connectivity index is 1.67. The highest BCUT2D eigenvalue weighted by atomic mass is 16.5. The van der Waals surface area contributed by atoms with Gasteiger partial charge in [0, 0.05) is 30.2 Å². The summed E-state index contributed by atoms with van der Waals surface area (Å²) in [5.41, 5.74) is 3.08. The number of rotatable bonds is 5. The van der Waals surface area contributed by atoms with Crippen molar-refractivity contribution in [2.45, 2.75) is 31.1 Å². The maximum Gasteiger partial charge on any atom is 0.232 e. The maximum atomic E-state index is 13.6. The van der Waals surface area contributed by atoms with Gasteiger partial charge in [-0.25, -0.2) is 0 Å². The van der Waals surface area contributed by atoms with Crippen molar-refractivity contribution in [2.24, 2.45) is 0 Å². The molecule has 2 aliphatic rings. The van der Waals surface area contributed by atoms with Gasteiger partial charge in [0.1, 0.15) is 17.3 Å². The van der Waals surface area contributed by atoms with Crippen molar-refractivity contribution < 1.29 is 23.5 Å². The van der Waals surface area contributed by atoms with Crippen LogP contribution in [0, 0.1) is 0 Å². The Hall–Kier alpha value is -3.80. The predicted molar refractivity (Wildman–Crippen MR) is 124 cm³/mol. The van der Waals surface area contributed by atoms with Gasteiger partial charge in [0.25, 0.3) is 0 Å². The third-order valence-corrected chi connectivity index (χ3v) is 6.51. The maximum absolute atomic E-state index is 13.6. The number of furan rings is 1. The molecule has 33 heavy (non-hydrogen) atoms. The summed E-state index contributed by atoms with van der Waals surface area (Å²) in [5, 5.41) is 0. The molecule has 2 unspecified atom stereocenters. The van der Waals surface area contributed by atoms with Crippen LogP contribution in [0.15, 0.2) is 82.6 Å². The Bertz CT molecular complexity index is 1210. The Morgan fingerprint density at radius 2 is 1.73 bits per heavy atom. The van der Waals surface area contributed by atoms with Gasteiger partial charge in [-0.3, -0.25) is 14.5 Å². The van der Waals surface area contributed by atoms with E-state index in [4.69, 9.17) is 13.9 Å². The number of amides is 1. The number of hydrogen-bond donors (Lipinski definition) is 0. The van der Waals surface area contributed by atoms with E-state index in [1.807, 2.05) is 42.5 Å². The molecule has 1 aliphatic carbocycles. The zero-order valence-corrected chi connectivity index (χ0v) is 18.6. The van der Waals surface area contributed by atoms with Gasteiger partial charge in [-0.05, 0) is 42.2 Å². The van der Waals surface area contributed by atoms with Crippen LogP contribution in [-0.4, -0.2) is 25.9 Å².